The lowest BCUT2D eigenvalue weighted by Gasteiger charge is -2.38. The summed E-state index contributed by atoms with van der Waals surface area (Å²) in [6, 6.07) is 8.32. The Bertz CT molecular complexity index is 959. The summed E-state index contributed by atoms with van der Waals surface area (Å²) in [5, 5.41) is 2.51. The minimum Gasteiger partial charge on any atom is -0.493 e. The van der Waals surface area contributed by atoms with Crippen LogP contribution in [0.15, 0.2) is 36.4 Å². The van der Waals surface area contributed by atoms with Crippen LogP contribution in [0.4, 0.5) is 13.2 Å². The van der Waals surface area contributed by atoms with Crippen LogP contribution in [0, 0.1) is 0 Å². The molecule has 1 saturated heterocycles. The molecule has 4 nitrogen and oxygen atoms in total. The molecule has 0 saturated carbocycles. The van der Waals surface area contributed by atoms with Crippen molar-refractivity contribution in [3.63, 3.8) is 0 Å². The minimum atomic E-state index is -4.56. The number of rotatable bonds is 12. The summed E-state index contributed by atoms with van der Waals surface area (Å²) in [5.74, 6) is 0.183. The van der Waals surface area contributed by atoms with Crippen molar-refractivity contribution >= 4 is 16.7 Å². The predicted molar refractivity (Wildman–Crippen MR) is 130 cm³/mol. The van der Waals surface area contributed by atoms with E-state index in [-0.39, 0.29) is 12.0 Å². The Labute approximate surface area is 200 Å². The molecule has 1 aliphatic heterocycles. The van der Waals surface area contributed by atoms with Crippen molar-refractivity contribution in [3.05, 3.63) is 42.0 Å². The zero-order chi connectivity index (χ0) is 24.8. The molecule has 1 heterocycles. The number of nitrogens with zero attached hydrogens (tertiary/aromatic N) is 1. The predicted octanol–water partition coefficient (Wildman–Crippen LogP) is 7.48. The Kier molecular flexibility index (Phi) is 8.85. The third-order valence-electron chi connectivity index (χ3n) is 6.50. The summed E-state index contributed by atoms with van der Waals surface area (Å²) < 4.78 is 48.7. The van der Waals surface area contributed by atoms with E-state index in [9.17, 15) is 18.0 Å². The Morgan fingerprint density at radius 3 is 2.32 bits per heavy atom. The van der Waals surface area contributed by atoms with Crippen molar-refractivity contribution in [2.75, 3.05) is 6.61 Å². The van der Waals surface area contributed by atoms with Crippen LogP contribution in [0.2, 0.25) is 0 Å². The first-order valence-corrected chi connectivity index (χ1v) is 12.4. The lowest BCUT2D eigenvalue weighted by atomic mass is 9.95. The van der Waals surface area contributed by atoms with Gasteiger partial charge in [0.15, 0.2) is 6.04 Å². The fourth-order valence-corrected chi connectivity index (χ4v) is 4.68. The van der Waals surface area contributed by atoms with Gasteiger partial charge in [-0.05, 0) is 43.4 Å². The average Bonchev–Trinajstić information content (AvgIpc) is 3.03. The van der Waals surface area contributed by atoms with E-state index in [0.29, 0.717) is 17.7 Å². The van der Waals surface area contributed by atoms with Crippen molar-refractivity contribution < 1.29 is 22.7 Å². The van der Waals surface area contributed by atoms with Crippen LogP contribution in [-0.2, 0) is 4.79 Å². The number of hydrogen-bond donors (Lipinski definition) is 1. The number of fused-ring (bicyclic) bond motifs is 1. The molecule has 34 heavy (non-hydrogen) atoms. The molecular formula is C27H37F3N2O2. The van der Waals surface area contributed by atoms with Crippen LogP contribution in [-0.4, -0.2) is 29.2 Å². The molecule has 0 radical (unpaired) electrons. The highest BCUT2D eigenvalue weighted by atomic mass is 19.4. The topological polar surface area (TPSA) is 41.6 Å². The highest BCUT2D eigenvalue weighted by Crippen LogP contribution is 2.43. The average molecular weight is 479 g/mol. The van der Waals surface area contributed by atoms with Gasteiger partial charge >= 0.3 is 6.18 Å². The van der Waals surface area contributed by atoms with Crippen molar-refractivity contribution in [2.45, 2.75) is 96.3 Å². The molecule has 1 fully saturated rings. The van der Waals surface area contributed by atoms with Gasteiger partial charge in [0.2, 0.25) is 5.91 Å². The Morgan fingerprint density at radius 2 is 1.71 bits per heavy atom. The number of carbonyl (C=O) groups is 1. The van der Waals surface area contributed by atoms with Gasteiger partial charge in [-0.1, -0.05) is 76.1 Å². The second-order valence-electron chi connectivity index (χ2n) is 9.90. The molecule has 0 aromatic heterocycles. The van der Waals surface area contributed by atoms with Gasteiger partial charge in [-0.3, -0.25) is 10.2 Å². The van der Waals surface area contributed by atoms with Crippen LogP contribution < -0.4 is 10.2 Å². The van der Waals surface area contributed by atoms with E-state index < -0.39 is 23.7 Å². The van der Waals surface area contributed by atoms with Crippen LogP contribution in [0.5, 0.6) is 5.75 Å². The first-order chi connectivity index (χ1) is 16.1. The van der Waals surface area contributed by atoms with E-state index in [1.807, 2.05) is 12.1 Å². The van der Waals surface area contributed by atoms with Gasteiger partial charge < -0.3 is 4.74 Å². The number of hydrazine groups is 1. The highest BCUT2D eigenvalue weighted by Gasteiger charge is 2.53. The molecule has 1 N–H and O–H groups in total. The zero-order valence-corrected chi connectivity index (χ0v) is 20.5. The van der Waals surface area contributed by atoms with Crippen molar-refractivity contribution in [3.8, 4) is 5.75 Å². The molecule has 1 amide bonds. The number of nitrogens with one attached hydrogen (secondary N) is 1. The first-order valence-electron chi connectivity index (χ1n) is 12.4. The molecule has 1 atom stereocenters. The van der Waals surface area contributed by atoms with Crippen molar-refractivity contribution in [1.29, 1.82) is 0 Å². The summed E-state index contributed by atoms with van der Waals surface area (Å²) in [7, 11) is 0. The molecule has 2 aromatic carbocycles. The summed E-state index contributed by atoms with van der Waals surface area (Å²) in [6.45, 7) is 6.03. The summed E-state index contributed by atoms with van der Waals surface area (Å²) in [5.41, 5.74) is 1.55. The number of unbranched alkanes of at least 4 members (excludes halogenated alkanes) is 7. The maximum Gasteiger partial charge on any atom is 0.409 e. The van der Waals surface area contributed by atoms with Gasteiger partial charge in [0.25, 0.3) is 0 Å². The van der Waals surface area contributed by atoms with Crippen LogP contribution in [0.3, 0.4) is 0 Å². The van der Waals surface area contributed by atoms with E-state index >= 15 is 0 Å². The SMILES string of the molecule is CCCCCCCCCCOc1cccc2ccc(C(N3NC(=O)CC3(C)C)C(F)(F)F)cc12. The largest absolute Gasteiger partial charge is 0.493 e. The first kappa shape index (κ1) is 26.3. The number of benzene rings is 2. The van der Waals surface area contributed by atoms with Crippen LogP contribution >= 0.6 is 0 Å². The van der Waals surface area contributed by atoms with Gasteiger partial charge in [0.1, 0.15) is 5.75 Å². The summed E-state index contributed by atoms with van der Waals surface area (Å²) >= 11 is 0. The number of alkyl halides is 3. The number of ether oxygens (including phenoxy) is 1. The van der Waals surface area contributed by atoms with Crippen LogP contribution in [0.25, 0.3) is 10.8 Å². The molecule has 188 valence electrons. The molecule has 0 aliphatic carbocycles. The fourth-order valence-electron chi connectivity index (χ4n) is 4.68. The van der Waals surface area contributed by atoms with E-state index in [1.165, 1.54) is 44.6 Å². The lowest BCUT2D eigenvalue weighted by molar-refractivity contribution is -0.203. The Morgan fingerprint density at radius 1 is 1.03 bits per heavy atom. The maximum atomic E-state index is 14.2. The molecular weight excluding hydrogens is 441 g/mol. The van der Waals surface area contributed by atoms with Gasteiger partial charge in [-0.25, -0.2) is 0 Å². The van der Waals surface area contributed by atoms with E-state index in [4.69, 9.17) is 4.74 Å². The summed E-state index contributed by atoms with van der Waals surface area (Å²) in [6.07, 6.45) is 4.98. The highest BCUT2D eigenvalue weighted by molar-refractivity contribution is 5.89. The minimum absolute atomic E-state index is 0.0140. The van der Waals surface area contributed by atoms with Crippen LogP contribution in [0.1, 0.15) is 90.2 Å². The second kappa shape index (κ2) is 11.4. The lowest BCUT2D eigenvalue weighted by Crippen LogP contribution is -2.51. The molecule has 1 aliphatic rings. The number of halogens is 3. The molecule has 7 heteroatoms. The van der Waals surface area contributed by atoms with E-state index in [1.54, 1.807) is 32.0 Å². The number of hydrogen-bond acceptors (Lipinski definition) is 3. The third kappa shape index (κ3) is 6.65. The normalized spacial score (nSPS) is 17.2. The van der Waals surface area contributed by atoms with E-state index in [0.717, 1.165) is 23.2 Å². The fraction of sp³-hybridized carbons (Fsp3) is 0.593. The summed E-state index contributed by atoms with van der Waals surface area (Å²) in [4.78, 5) is 11.9. The Balaban J connectivity index is 1.72. The van der Waals surface area contributed by atoms with Gasteiger partial charge in [0, 0.05) is 17.3 Å². The van der Waals surface area contributed by atoms with Gasteiger partial charge in [0.05, 0.1) is 6.61 Å². The van der Waals surface area contributed by atoms with Gasteiger partial charge in [-0.2, -0.15) is 18.2 Å². The molecule has 2 aromatic rings. The maximum absolute atomic E-state index is 14.2. The molecule has 3 rings (SSSR count). The van der Waals surface area contributed by atoms with Crippen molar-refractivity contribution in [1.82, 2.24) is 10.4 Å². The smallest absolute Gasteiger partial charge is 0.409 e. The third-order valence-corrected chi connectivity index (χ3v) is 6.50. The zero-order valence-electron chi connectivity index (χ0n) is 20.5. The van der Waals surface area contributed by atoms with Gasteiger partial charge in [-0.15, -0.1) is 0 Å². The molecule has 0 spiro atoms. The molecule has 1 unspecified atom stereocenters. The Hall–Kier alpha value is -2.28. The standard InChI is InChI=1S/C27H37F3N2O2/c1-4-5-6-7-8-9-10-11-17-34-23-14-12-13-20-15-16-21(18-22(20)23)25(27(28,29)30)32-26(2,3)19-24(33)31-32/h12-16,18,25H,4-11,17,19H2,1-3H3,(H,31,33). The molecule has 0 bridgehead atoms. The quantitative estimate of drug-likeness (QED) is 0.322. The van der Waals surface area contributed by atoms with Crippen molar-refractivity contribution in [2.24, 2.45) is 0 Å². The monoisotopic (exact) mass is 478 g/mol. The second-order valence-corrected chi connectivity index (χ2v) is 9.90. The number of carbonyl (C=O) groups excluding carboxylic acids is 1. The number of amides is 1. The van der Waals surface area contributed by atoms with E-state index in [2.05, 4.69) is 12.3 Å².